The van der Waals surface area contributed by atoms with Crippen LogP contribution in [0.25, 0.3) is 33.5 Å². The molecule has 4 aromatic heterocycles. The lowest BCUT2D eigenvalue weighted by Gasteiger charge is -1.97. The minimum absolute atomic E-state index is 0.199. The number of rotatable bonds is 2. The van der Waals surface area contributed by atoms with Crippen LogP contribution < -0.4 is 10.1 Å². The van der Waals surface area contributed by atoms with E-state index in [1.807, 2.05) is 6.07 Å². The van der Waals surface area contributed by atoms with Gasteiger partial charge in [0.05, 0.1) is 5.56 Å². The van der Waals surface area contributed by atoms with Gasteiger partial charge in [-0.2, -0.15) is 0 Å². The Kier molecular flexibility index (Phi) is 3.23. The molecule has 0 aliphatic carbocycles. The predicted octanol–water partition coefficient (Wildman–Crippen LogP) is 3.25. The van der Waals surface area contributed by atoms with E-state index in [9.17, 15) is 9.18 Å². The molecule has 0 N–H and O–H groups in total. The van der Waals surface area contributed by atoms with Crippen LogP contribution in [0.4, 0.5) is 4.39 Å². The first-order valence-corrected chi connectivity index (χ1v) is 8.65. The first-order valence-electron chi connectivity index (χ1n) is 7.83. The molecule has 26 heavy (non-hydrogen) atoms. The summed E-state index contributed by atoms with van der Waals surface area (Å²) in [6, 6.07) is 13.4. The zero-order chi connectivity index (χ0) is 17.7. The number of furan rings is 1. The van der Waals surface area contributed by atoms with Gasteiger partial charge in [0.1, 0.15) is 27.4 Å². The lowest BCUT2D eigenvalue weighted by molar-refractivity contribution is 0.560. The van der Waals surface area contributed by atoms with Gasteiger partial charge in [-0.05, 0) is 36.4 Å². The molecule has 0 amide bonds. The van der Waals surface area contributed by atoms with Gasteiger partial charge >= 0.3 is 0 Å². The van der Waals surface area contributed by atoms with Crippen molar-refractivity contribution >= 4 is 33.5 Å². The highest BCUT2D eigenvalue weighted by Gasteiger charge is 2.13. The number of hydrogen-bond acceptors (Lipinski definition) is 5. The van der Waals surface area contributed by atoms with Crippen molar-refractivity contribution in [3.05, 3.63) is 81.2 Å². The van der Waals surface area contributed by atoms with Crippen molar-refractivity contribution in [3.63, 3.8) is 0 Å². The first kappa shape index (κ1) is 15.0. The Bertz CT molecular complexity index is 1380. The summed E-state index contributed by atoms with van der Waals surface area (Å²) in [7, 11) is 0. The summed E-state index contributed by atoms with van der Waals surface area (Å²) in [5.74, 6) is 0.530. The monoisotopic (exact) mass is 363 g/mol. The molecule has 0 unspecified atom stereocenters. The normalized spacial score (nSPS) is 12.4. The van der Waals surface area contributed by atoms with Crippen molar-refractivity contribution < 1.29 is 8.81 Å². The lowest BCUT2D eigenvalue weighted by Crippen LogP contribution is -2.22. The first-order chi connectivity index (χ1) is 12.7. The zero-order valence-electron chi connectivity index (χ0n) is 13.2. The molecule has 0 bridgehead atoms. The number of halogens is 1. The van der Waals surface area contributed by atoms with Gasteiger partial charge in [0.2, 0.25) is 0 Å². The third-order valence-electron chi connectivity index (χ3n) is 4.04. The van der Waals surface area contributed by atoms with Crippen molar-refractivity contribution in [1.82, 2.24) is 14.4 Å². The molecule has 4 heterocycles. The van der Waals surface area contributed by atoms with Crippen molar-refractivity contribution in [1.29, 1.82) is 0 Å². The Labute approximate surface area is 149 Å². The van der Waals surface area contributed by atoms with E-state index in [4.69, 9.17) is 4.42 Å². The van der Waals surface area contributed by atoms with Crippen LogP contribution in [0.15, 0.2) is 63.9 Å². The van der Waals surface area contributed by atoms with Crippen LogP contribution in [0.3, 0.4) is 0 Å². The van der Waals surface area contributed by atoms with E-state index >= 15 is 0 Å². The summed E-state index contributed by atoms with van der Waals surface area (Å²) in [6.07, 6.45) is 3.27. The molecule has 0 aliphatic rings. The van der Waals surface area contributed by atoms with Crippen molar-refractivity contribution in [2.45, 2.75) is 0 Å². The van der Waals surface area contributed by atoms with E-state index in [0.717, 1.165) is 0 Å². The second kappa shape index (κ2) is 5.60. The van der Waals surface area contributed by atoms with E-state index in [0.29, 0.717) is 37.7 Å². The van der Waals surface area contributed by atoms with Gasteiger partial charge in [0.25, 0.3) is 5.56 Å². The predicted molar refractivity (Wildman–Crippen MR) is 97.5 cm³/mol. The average molecular weight is 363 g/mol. The van der Waals surface area contributed by atoms with Crippen LogP contribution in [-0.2, 0) is 0 Å². The van der Waals surface area contributed by atoms with Crippen molar-refractivity contribution in [2.24, 2.45) is 0 Å². The van der Waals surface area contributed by atoms with E-state index in [1.54, 1.807) is 48.7 Å². The molecule has 1 aromatic carbocycles. The van der Waals surface area contributed by atoms with Crippen LogP contribution in [0, 0.1) is 5.82 Å². The van der Waals surface area contributed by atoms with Crippen molar-refractivity contribution in [3.8, 4) is 11.3 Å². The Morgan fingerprint density at radius 2 is 2.00 bits per heavy atom. The highest BCUT2D eigenvalue weighted by atomic mass is 32.1. The minimum atomic E-state index is -0.356. The standard InChI is InChI=1S/C19H10FN3O2S/c20-13-5-2-1-4-12(13)15-8-7-11(25-15)10-16-18(24)23-17-14(6-3-9-21-17)22-19(23)26-16/h1-10H. The molecule has 7 heteroatoms. The Hall–Kier alpha value is -3.32. The van der Waals surface area contributed by atoms with Gasteiger partial charge < -0.3 is 4.42 Å². The van der Waals surface area contributed by atoms with Crippen LogP contribution in [0.5, 0.6) is 0 Å². The summed E-state index contributed by atoms with van der Waals surface area (Å²) in [5, 5.41) is 0. The van der Waals surface area contributed by atoms with Gasteiger partial charge in [-0.3, -0.25) is 4.79 Å². The molecule has 0 saturated carbocycles. The summed E-state index contributed by atoms with van der Waals surface area (Å²) in [6.45, 7) is 0. The number of hydrogen-bond donors (Lipinski definition) is 0. The third-order valence-corrected chi connectivity index (χ3v) is 5.01. The van der Waals surface area contributed by atoms with Gasteiger partial charge in [0, 0.05) is 12.3 Å². The molecule has 126 valence electrons. The van der Waals surface area contributed by atoms with Crippen LogP contribution >= 0.6 is 11.3 Å². The molecule has 0 saturated heterocycles. The van der Waals surface area contributed by atoms with E-state index < -0.39 is 0 Å². The number of fused-ring (bicyclic) bond motifs is 3. The SMILES string of the molecule is O=c1c(=Cc2ccc(-c3ccccc3F)o2)sc2nc3cccnc3n12. The zero-order valence-corrected chi connectivity index (χ0v) is 14.0. The van der Waals surface area contributed by atoms with Gasteiger partial charge in [0.15, 0.2) is 10.6 Å². The van der Waals surface area contributed by atoms with E-state index in [1.165, 1.54) is 21.8 Å². The second-order valence-electron chi connectivity index (χ2n) is 5.67. The highest BCUT2D eigenvalue weighted by molar-refractivity contribution is 7.15. The maximum Gasteiger partial charge on any atom is 0.276 e. The number of nitrogens with zero attached hydrogens (tertiary/aromatic N) is 3. The third kappa shape index (κ3) is 2.25. The van der Waals surface area contributed by atoms with E-state index in [-0.39, 0.29) is 11.4 Å². The number of aromatic nitrogens is 3. The highest BCUT2D eigenvalue weighted by Crippen LogP contribution is 2.25. The molecular formula is C19H10FN3O2S. The molecular weight excluding hydrogens is 353 g/mol. The fraction of sp³-hybridized carbons (Fsp3) is 0. The smallest absolute Gasteiger partial charge is 0.276 e. The Morgan fingerprint density at radius 1 is 1.12 bits per heavy atom. The lowest BCUT2D eigenvalue weighted by atomic mass is 10.1. The fourth-order valence-electron chi connectivity index (χ4n) is 2.85. The number of thiazole rings is 1. The van der Waals surface area contributed by atoms with Gasteiger partial charge in [-0.15, -0.1) is 0 Å². The van der Waals surface area contributed by atoms with Crippen molar-refractivity contribution in [2.75, 3.05) is 0 Å². The number of imidazole rings is 1. The quantitative estimate of drug-likeness (QED) is 0.483. The minimum Gasteiger partial charge on any atom is -0.457 e. The molecule has 0 atom stereocenters. The molecule has 0 aliphatic heterocycles. The van der Waals surface area contributed by atoms with E-state index in [2.05, 4.69) is 9.97 Å². The average Bonchev–Trinajstić information content (AvgIpc) is 3.32. The van der Waals surface area contributed by atoms with Gasteiger partial charge in [-0.25, -0.2) is 18.8 Å². The van der Waals surface area contributed by atoms with Crippen LogP contribution in [-0.4, -0.2) is 14.4 Å². The topological polar surface area (TPSA) is 60.4 Å². The Balaban J connectivity index is 1.65. The summed E-state index contributed by atoms with van der Waals surface area (Å²) in [4.78, 5) is 21.9. The number of pyridine rings is 1. The fourth-order valence-corrected chi connectivity index (χ4v) is 3.81. The Morgan fingerprint density at radius 3 is 2.88 bits per heavy atom. The summed E-state index contributed by atoms with van der Waals surface area (Å²) in [5.41, 5.74) is 1.40. The van der Waals surface area contributed by atoms with Crippen LogP contribution in [0.1, 0.15) is 5.76 Å². The number of benzene rings is 1. The molecule has 0 fully saturated rings. The maximum atomic E-state index is 13.9. The molecule has 5 rings (SSSR count). The molecule has 0 spiro atoms. The summed E-state index contributed by atoms with van der Waals surface area (Å²) >= 11 is 1.26. The second-order valence-corrected chi connectivity index (χ2v) is 6.68. The molecule has 5 aromatic rings. The van der Waals surface area contributed by atoms with Gasteiger partial charge in [-0.1, -0.05) is 23.5 Å². The largest absolute Gasteiger partial charge is 0.457 e. The summed E-state index contributed by atoms with van der Waals surface area (Å²) < 4.78 is 21.6. The van der Waals surface area contributed by atoms with Crippen LogP contribution in [0.2, 0.25) is 0 Å². The maximum absolute atomic E-state index is 13.9. The molecule has 5 nitrogen and oxygen atoms in total. The molecule has 0 radical (unpaired) electrons.